The number of carboxylic acids is 1. The van der Waals surface area contributed by atoms with Gasteiger partial charge in [-0.05, 0) is 116 Å². The third-order valence-corrected chi connectivity index (χ3v) is 13.0. The maximum atomic E-state index is 12.8. The molecule has 184 valence electrons. The van der Waals surface area contributed by atoms with Crippen molar-refractivity contribution in [2.45, 2.75) is 112 Å². The van der Waals surface area contributed by atoms with Crippen LogP contribution < -0.4 is 0 Å². The largest absolute Gasteiger partial charge is 0.478 e. The molecule has 0 aromatic carbocycles. The fourth-order valence-electron chi connectivity index (χ4n) is 11.0. The number of hydrogen-bond acceptors (Lipinski definition) is 2. The van der Waals surface area contributed by atoms with E-state index in [1.54, 1.807) is 6.92 Å². The van der Waals surface area contributed by atoms with Gasteiger partial charge in [0.15, 0.2) is 0 Å². The van der Waals surface area contributed by atoms with Crippen LogP contribution in [0.25, 0.3) is 0 Å². The predicted octanol–water partition coefficient (Wildman–Crippen LogP) is 7.44. The van der Waals surface area contributed by atoms with Crippen molar-refractivity contribution in [2.75, 3.05) is 0 Å². The first-order chi connectivity index (χ1) is 15.4. The average molecular weight is 455 g/mol. The van der Waals surface area contributed by atoms with Gasteiger partial charge in [-0.1, -0.05) is 40.7 Å². The lowest BCUT2D eigenvalue weighted by molar-refractivity contribution is -0.157. The fraction of sp³-hybridized carbons (Fsp3) is 0.867. The second-order valence-electron chi connectivity index (χ2n) is 14.0. The Bertz CT molecular complexity index is 900. The summed E-state index contributed by atoms with van der Waals surface area (Å²) in [5.41, 5.74) is 2.14. The SMILES string of the molecule is C/C(=C\CC[C@@H](C)[C@H]1CC[C@@]2(C)[C@@H]3CC[C@H]4C(C)(C)C(=O)CC[C@@]45C[C@@]35CC[C@]12C)C(=O)O. The minimum atomic E-state index is -0.790. The number of allylic oxidation sites excluding steroid dienone is 1. The quantitative estimate of drug-likeness (QED) is 0.439. The van der Waals surface area contributed by atoms with Gasteiger partial charge in [0.1, 0.15) is 5.78 Å². The van der Waals surface area contributed by atoms with E-state index in [-0.39, 0.29) is 5.41 Å². The lowest BCUT2D eigenvalue weighted by atomic mass is 9.42. The highest BCUT2D eigenvalue weighted by atomic mass is 16.4. The van der Waals surface area contributed by atoms with Crippen molar-refractivity contribution in [1.29, 1.82) is 0 Å². The number of Topliss-reactive ketones (excluding diaryl/α,β-unsaturated/α-hetero) is 1. The Labute approximate surface area is 201 Å². The lowest BCUT2D eigenvalue weighted by Gasteiger charge is -2.62. The van der Waals surface area contributed by atoms with Crippen LogP contribution in [-0.4, -0.2) is 16.9 Å². The number of hydrogen-bond donors (Lipinski definition) is 1. The number of rotatable bonds is 5. The van der Waals surface area contributed by atoms with Crippen LogP contribution in [0.5, 0.6) is 0 Å². The number of aliphatic carboxylic acids is 1. The first-order valence-electron chi connectivity index (χ1n) is 13.8. The van der Waals surface area contributed by atoms with Crippen LogP contribution in [0, 0.1) is 50.7 Å². The molecular weight excluding hydrogens is 408 g/mol. The summed E-state index contributed by atoms with van der Waals surface area (Å²) in [6.07, 6.45) is 15.3. The lowest BCUT2D eigenvalue weighted by Crippen LogP contribution is -2.57. The van der Waals surface area contributed by atoms with Gasteiger partial charge in [-0.25, -0.2) is 4.79 Å². The van der Waals surface area contributed by atoms with Crippen molar-refractivity contribution in [3.05, 3.63) is 11.6 Å². The summed E-state index contributed by atoms with van der Waals surface area (Å²) in [7, 11) is 0. The van der Waals surface area contributed by atoms with Crippen molar-refractivity contribution < 1.29 is 14.7 Å². The molecule has 5 fully saturated rings. The van der Waals surface area contributed by atoms with E-state index in [2.05, 4.69) is 34.6 Å². The maximum Gasteiger partial charge on any atom is 0.330 e. The average Bonchev–Trinajstić information content (AvgIpc) is 3.33. The molecule has 0 saturated heterocycles. The van der Waals surface area contributed by atoms with Crippen molar-refractivity contribution in [3.8, 4) is 0 Å². The molecule has 2 spiro atoms. The number of carbonyl (C=O) groups is 2. The molecule has 3 nitrogen and oxygen atoms in total. The molecule has 3 heteroatoms. The molecule has 0 bridgehead atoms. The van der Waals surface area contributed by atoms with Gasteiger partial charge in [0, 0.05) is 17.4 Å². The van der Waals surface area contributed by atoms with Crippen molar-refractivity contribution in [1.82, 2.24) is 0 Å². The predicted molar refractivity (Wildman–Crippen MR) is 132 cm³/mol. The topological polar surface area (TPSA) is 54.4 Å². The number of carbonyl (C=O) groups excluding carboxylic acids is 1. The zero-order valence-corrected chi connectivity index (χ0v) is 21.9. The van der Waals surface area contributed by atoms with E-state index < -0.39 is 5.97 Å². The Morgan fingerprint density at radius 2 is 1.67 bits per heavy atom. The number of ketones is 1. The summed E-state index contributed by atoms with van der Waals surface area (Å²) in [5.74, 6) is 2.55. The maximum absolute atomic E-state index is 12.8. The Hall–Kier alpha value is -1.12. The molecule has 33 heavy (non-hydrogen) atoms. The van der Waals surface area contributed by atoms with E-state index in [1.807, 2.05) is 6.08 Å². The summed E-state index contributed by atoms with van der Waals surface area (Å²) >= 11 is 0. The van der Waals surface area contributed by atoms with Crippen LogP contribution in [-0.2, 0) is 9.59 Å². The van der Waals surface area contributed by atoms with E-state index in [0.717, 1.165) is 37.5 Å². The highest BCUT2D eigenvalue weighted by Crippen LogP contribution is 2.88. The zero-order chi connectivity index (χ0) is 24.0. The van der Waals surface area contributed by atoms with Gasteiger partial charge in [0.25, 0.3) is 0 Å². The molecule has 0 aromatic rings. The molecule has 8 atom stereocenters. The third-order valence-electron chi connectivity index (χ3n) is 13.0. The Morgan fingerprint density at radius 3 is 2.36 bits per heavy atom. The highest BCUT2D eigenvalue weighted by molar-refractivity contribution is 5.86. The van der Waals surface area contributed by atoms with Crippen molar-refractivity contribution >= 4 is 11.8 Å². The molecule has 0 aromatic heterocycles. The van der Waals surface area contributed by atoms with E-state index in [0.29, 0.717) is 44.9 Å². The molecule has 1 N–H and O–H groups in total. The summed E-state index contributed by atoms with van der Waals surface area (Å²) in [6.45, 7) is 13.9. The molecule has 0 aliphatic heterocycles. The standard InChI is InChI=1S/C30H46O3/c1-19(8-7-9-20(2)25(32)33)21-12-14-28(6)23-11-10-22-26(3,4)24(31)13-15-29(22)18-30(23,29)17-16-27(21,28)5/h9,19,21-23H,7-8,10-18H2,1-6H3,(H,32,33)/b20-9+/t19-,21-,22+,23+,27-,28+,29-,30+/m1/s1. The van der Waals surface area contributed by atoms with Gasteiger partial charge >= 0.3 is 5.97 Å². The highest BCUT2D eigenvalue weighted by Gasteiger charge is 2.82. The second-order valence-corrected chi connectivity index (χ2v) is 14.0. The van der Waals surface area contributed by atoms with E-state index in [1.165, 1.54) is 44.9 Å². The Kier molecular flexibility index (Phi) is 5.15. The molecule has 5 aliphatic rings. The van der Waals surface area contributed by atoms with Gasteiger partial charge in [0.05, 0.1) is 0 Å². The molecule has 5 saturated carbocycles. The summed E-state index contributed by atoms with van der Waals surface area (Å²) < 4.78 is 0. The third kappa shape index (κ3) is 2.86. The second kappa shape index (κ2) is 7.20. The molecular formula is C30H46O3. The summed E-state index contributed by atoms with van der Waals surface area (Å²) in [4.78, 5) is 24.0. The first-order valence-corrected chi connectivity index (χ1v) is 13.8. The van der Waals surface area contributed by atoms with Crippen LogP contribution in [0.2, 0.25) is 0 Å². The molecule has 0 heterocycles. The van der Waals surface area contributed by atoms with Gasteiger partial charge in [-0.2, -0.15) is 0 Å². The van der Waals surface area contributed by atoms with Crippen LogP contribution in [0.4, 0.5) is 0 Å². The minimum Gasteiger partial charge on any atom is -0.478 e. The summed E-state index contributed by atoms with van der Waals surface area (Å²) in [5, 5.41) is 9.17. The van der Waals surface area contributed by atoms with Gasteiger partial charge in [-0.15, -0.1) is 0 Å². The van der Waals surface area contributed by atoms with Crippen LogP contribution in [0.3, 0.4) is 0 Å². The molecule has 0 unspecified atom stereocenters. The van der Waals surface area contributed by atoms with Gasteiger partial charge in [0.2, 0.25) is 0 Å². The van der Waals surface area contributed by atoms with E-state index >= 15 is 0 Å². The van der Waals surface area contributed by atoms with E-state index in [9.17, 15) is 9.59 Å². The van der Waals surface area contributed by atoms with Crippen LogP contribution >= 0.6 is 0 Å². The smallest absolute Gasteiger partial charge is 0.330 e. The van der Waals surface area contributed by atoms with Crippen molar-refractivity contribution in [2.24, 2.45) is 50.7 Å². The Balaban J connectivity index is 1.37. The first kappa shape index (κ1) is 23.6. The normalized spacial score (nSPS) is 48.8. The Morgan fingerprint density at radius 1 is 1.00 bits per heavy atom. The van der Waals surface area contributed by atoms with Crippen LogP contribution in [0.1, 0.15) is 112 Å². The van der Waals surface area contributed by atoms with E-state index in [4.69, 9.17) is 5.11 Å². The molecule has 0 amide bonds. The molecule has 5 rings (SSSR count). The van der Waals surface area contributed by atoms with Gasteiger partial charge < -0.3 is 5.11 Å². The molecule has 5 aliphatic carbocycles. The number of fused-ring (bicyclic) bond motifs is 2. The minimum absolute atomic E-state index is 0.122. The monoisotopic (exact) mass is 454 g/mol. The van der Waals surface area contributed by atoms with Gasteiger partial charge in [-0.3, -0.25) is 4.79 Å². The summed E-state index contributed by atoms with van der Waals surface area (Å²) in [6, 6.07) is 0. The fourth-order valence-corrected chi connectivity index (χ4v) is 11.0. The van der Waals surface area contributed by atoms with Crippen LogP contribution in [0.15, 0.2) is 11.6 Å². The zero-order valence-electron chi connectivity index (χ0n) is 21.9. The number of carboxylic acid groups (broad SMARTS) is 1. The molecule has 0 radical (unpaired) electrons. The van der Waals surface area contributed by atoms with Crippen molar-refractivity contribution in [3.63, 3.8) is 0 Å².